The molecule has 0 aliphatic carbocycles. The van der Waals surface area contributed by atoms with Gasteiger partial charge in [0.05, 0.1) is 0 Å². The average molecular weight is 387 g/mol. The molecule has 0 atom stereocenters. The maximum atomic E-state index is 9.10. The first-order valence-electron chi connectivity index (χ1n) is 9.97. The van der Waals surface area contributed by atoms with Gasteiger partial charge in [-0.3, -0.25) is 0 Å². The fourth-order valence-corrected chi connectivity index (χ4v) is 4.04. The number of anilines is 1. The summed E-state index contributed by atoms with van der Waals surface area (Å²) in [5, 5.41) is 16.7. The lowest BCUT2D eigenvalue weighted by atomic mass is 9.94. The van der Waals surface area contributed by atoms with E-state index in [4.69, 9.17) is 10.8 Å². The molecule has 0 aliphatic rings. The lowest BCUT2D eigenvalue weighted by molar-refractivity contribution is 0.475. The lowest BCUT2D eigenvalue weighted by Crippen LogP contribution is -1.89. The van der Waals surface area contributed by atoms with Crippen molar-refractivity contribution < 1.29 is 5.11 Å². The van der Waals surface area contributed by atoms with Crippen LogP contribution in [0.25, 0.3) is 43.4 Å². The average Bonchev–Trinajstić information content (AvgIpc) is 2.80. The van der Waals surface area contributed by atoms with Gasteiger partial charge >= 0.3 is 0 Å². The van der Waals surface area contributed by atoms with Gasteiger partial charge in [0.25, 0.3) is 0 Å². The maximum absolute atomic E-state index is 9.10. The molecule has 0 aliphatic heterocycles. The topological polar surface area (TPSA) is 46.2 Å². The fourth-order valence-electron chi connectivity index (χ4n) is 4.04. The number of hydrogen-bond donors (Lipinski definition) is 2. The van der Waals surface area contributed by atoms with Crippen LogP contribution in [0.15, 0.2) is 109 Å². The highest BCUT2D eigenvalue weighted by atomic mass is 16.3. The van der Waals surface area contributed by atoms with E-state index in [-0.39, 0.29) is 0 Å². The summed E-state index contributed by atoms with van der Waals surface area (Å²) in [6.45, 7) is 0. The lowest BCUT2D eigenvalue weighted by Gasteiger charge is -2.11. The number of phenolic OH excluding ortho intramolecular Hbond substituents is 1. The molecule has 0 fully saturated rings. The smallest absolute Gasteiger partial charge is 0.115 e. The van der Waals surface area contributed by atoms with Gasteiger partial charge in [0.1, 0.15) is 5.75 Å². The second-order valence-corrected chi connectivity index (χ2v) is 7.42. The third-order valence-electron chi connectivity index (χ3n) is 5.54. The molecular weight excluding hydrogens is 366 g/mol. The molecule has 0 saturated heterocycles. The third-order valence-corrected chi connectivity index (χ3v) is 5.54. The van der Waals surface area contributed by atoms with E-state index in [1.54, 1.807) is 12.1 Å². The molecule has 6 rings (SSSR count). The van der Waals surface area contributed by atoms with E-state index in [1.807, 2.05) is 48.5 Å². The van der Waals surface area contributed by atoms with Crippen molar-refractivity contribution in [3.05, 3.63) is 109 Å². The number of phenols is 1. The molecule has 6 aromatic carbocycles. The van der Waals surface area contributed by atoms with Crippen LogP contribution in [-0.2, 0) is 0 Å². The minimum absolute atomic E-state index is 0.305. The Hall–Kier alpha value is -4.04. The molecule has 0 amide bonds. The summed E-state index contributed by atoms with van der Waals surface area (Å²) in [5.41, 5.74) is 9.22. The molecule has 0 saturated carbocycles. The van der Waals surface area contributed by atoms with E-state index >= 15 is 0 Å². The molecule has 0 aromatic heterocycles. The molecular formula is C28H21NO. The highest BCUT2D eigenvalue weighted by molar-refractivity contribution is 6.24. The van der Waals surface area contributed by atoms with Crippen molar-refractivity contribution in [2.24, 2.45) is 0 Å². The Morgan fingerprint density at radius 2 is 1.03 bits per heavy atom. The monoisotopic (exact) mass is 387 g/mol. The molecule has 2 heteroatoms. The Morgan fingerprint density at radius 1 is 0.467 bits per heavy atom. The number of rotatable bonds is 1. The number of nitrogens with two attached hydrogens (primary N) is 1. The van der Waals surface area contributed by atoms with Crippen LogP contribution >= 0.6 is 0 Å². The summed E-state index contributed by atoms with van der Waals surface area (Å²) in [4.78, 5) is 0. The zero-order valence-electron chi connectivity index (χ0n) is 16.4. The molecule has 2 nitrogen and oxygen atoms in total. The van der Waals surface area contributed by atoms with Crippen molar-refractivity contribution in [1.29, 1.82) is 0 Å². The molecule has 30 heavy (non-hydrogen) atoms. The first-order valence-corrected chi connectivity index (χ1v) is 9.97. The van der Waals surface area contributed by atoms with Gasteiger partial charge in [0, 0.05) is 11.1 Å². The number of nitrogen functional groups attached to an aromatic ring is 1. The Kier molecular flexibility index (Phi) is 4.45. The van der Waals surface area contributed by atoms with Crippen LogP contribution in [0, 0.1) is 0 Å². The van der Waals surface area contributed by atoms with Crippen LogP contribution < -0.4 is 5.73 Å². The van der Waals surface area contributed by atoms with Crippen molar-refractivity contribution in [2.75, 3.05) is 5.73 Å². The molecule has 0 bridgehead atoms. The normalized spacial score (nSPS) is 10.9. The van der Waals surface area contributed by atoms with Crippen LogP contribution in [-0.4, -0.2) is 5.11 Å². The Balaban J connectivity index is 0.000000134. The molecule has 6 aromatic rings. The highest BCUT2D eigenvalue weighted by Crippen LogP contribution is 2.36. The molecule has 0 spiro atoms. The van der Waals surface area contributed by atoms with Gasteiger partial charge in [-0.2, -0.15) is 0 Å². The van der Waals surface area contributed by atoms with Gasteiger partial charge in [-0.25, -0.2) is 0 Å². The van der Waals surface area contributed by atoms with Crippen LogP contribution in [0.3, 0.4) is 0 Å². The zero-order valence-corrected chi connectivity index (χ0v) is 16.4. The minimum atomic E-state index is 0.305. The SMILES string of the molecule is Nc1ccc2ccc3cccc4ccc1c2c34.Oc1ccc(-c2ccccc2)cc1. The van der Waals surface area contributed by atoms with Crippen molar-refractivity contribution in [3.8, 4) is 16.9 Å². The number of benzene rings is 6. The van der Waals surface area contributed by atoms with E-state index in [1.165, 1.54) is 32.5 Å². The highest BCUT2D eigenvalue weighted by Gasteiger charge is 2.08. The summed E-state index contributed by atoms with van der Waals surface area (Å²) in [7, 11) is 0. The second-order valence-electron chi connectivity index (χ2n) is 7.42. The Bertz CT molecular complexity index is 1420. The van der Waals surface area contributed by atoms with Crippen LogP contribution in [0.1, 0.15) is 0 Å². The molecule has 144 valence electrons. The zero-order chi connectivity index (χ0) is 20.5. The van der Waals surface area contributed by atoms with E-state index < -0.39 is 0 Å². The summed E-state index contributed by atoms with van der Waals surface area (Å²) >= 11 is 0. The summed E-state index contributed by atoms with van der Waals surface area (Å²) in [6.07, 6.45) is 0. The second kappa shape index (κ2) is 7.41. The minimum Gasteiger partial charge on any atom is -0.508 e. The largest absolute Gasteiger partial charge is 0.508 e. The third kappa shape index (κ3) is 3.19. The van der Waals surface area contributed by atoms with Gasteiger partial charge in [0.2, 0.25) is 0 Å². The standard InChI is InChI=1S/C16H11N.C12H10O/c17-14-9-7-12-5-4-10-2-1-3-11-6-8-13(14)16(12)15(10)11;13-12-8-6-11(7-9-12)10-4-2-1-3-5-10/h1-9H,17H2;1-9,13H. The first-order chi connectivity index (χ1) is 14.7. The van der Waals surface area contributed by atoms with Crippen molar-refractivity contribution in [3.63, 3.8) is 0 Å². The maximum Gasteiger partial charge on any atom is 0.115 e. The first kappa shape index (κ1) is 18.0. The predicted octanol–water partition coefficient (Wildman–Crippen LogP) is 7.23. The van der Waals surface area contributed by atoms with E-state index in [9.17, 15) is 0 Å². The predicted molar refractivity (Wildman–Crippen MR) is 128 cm³/mol. The van der Waals surface area contributed by atoms with E-state index in [0.29, 0.717) is 5.75 Å². The van der Waals surface area contributed by atoms with Crippen molar-refractivity contribution in [2.45, 2.75) is 0 Å². The van der Waals surface area contributed by atoms with Crippen molar-refractivity contribution in [1.82, 2.24) is 0 Å². The van der Waals surface area contributed by atoms with Crippen LogP contribution in [0.4, 0.5) is 5.69 Å². The van der Waals surface area contributed by atoms with E-state index in [0.717, 1.165) is 16.6 Å². The summed E-state index contributed by atoms with van der Waals surface area (Å²) < 4.78 is 0. The van der Waals surface area contributed by atoms with Gasteiger partial charge < -0.3 is 10.8 Å². The van der Waals surface area contributed by atoms with Crippen molar-refractivity contribution >= 4 is 38.0 Å². The summed E-state index contributed by atoms with van der Waals surface area (Å²) in [5.74, 6) is 0.305. The molecule has 3 N–H and O–H groups in total. The number of hydrogen-bond acceptors (Lipinski definition) is 2. The van der Waals surface area contributed by atoms with Crippen LogP contribution in [0.2, 0.25) is 0 Å². The van der Waals surface area contributed by atoms with Gasteiger partial charge in [0.15, 0.2) is 0 Å². The van der Waals surface area contributed by atoms with Gasteiger partial charge in [-0.05, 0) is 56.3 Å². The molecule has 0 radical (unpaired) electrons. The molecule has 0 unspecified atom stereocenters. The van der Waals surface area contributed by atoms with Gasteiger partial charge in [-0.15, -0.1) is 0 Å². The molecule has 0 heterocycles. The van der Waals surface area contributed by atoms with E-state index in [2.05, 4.69) is 48.5 Å². The quantitative estimate of drug-likeness (QED) is 0.231. The Labute approximate surface area is 175 Å². The van der Waals surface area contributed by atoms with Gasteiger partial charge in [-0.1, -0.05) is 91.0 Å². The summed E-state index contributed by atoms with van der Waals surface area (Å²) in [6, 6.07) is 36.4. The van der Waals surface area contributed by atoms with Crippen LogP contribution in [0.5, 0.6) is 5.75 Å². The fraction of sp³-hybridized carbons (Fsp3) is 0. The number of aromatic hydroxyl groups is 1. The Morgan fingerprint density at radius 3 is 1.73 bits per heavy atom.